The van der Waals surface area contributed by atoms with E-state index < -0.39 is 0 Å². The molecule has 0 aliphatic heterocycles. The summed E-state index contributed by atoms with van der Waals surface area (Å²) in [5.41, 5.74) is 6.13. The van der Waals surface area contributed by atoms with E-state index in [1.807, 2.05) is 12.1 Å². The van der Waals surface area contributed by atoms with Crippen LogP contribution in [-0.2, 0) is 16.0 Å². The zero-order chi connectivity index (χ0) is 17.7. The molecule has 0 bridgehead atoms. The van der Waals surface area contributed by atoms with E-state index in [0.29, 0.717) is 11.1 Å². The van der Waals surface area contributed by atoms with E-state index in [1.54, 1.807) is 6.92 Å². The van der Waals surface area contributed by atoms with Crippen molar-refractivity contribution in [3.63, 3.8) is 0 Å². The van der Waals surface area contributed by atoms with E-state index >= 15 is 0 Å². The van der Waals surface area contributed by atoms with Crippen molar-refractivity contribution in [1.29, 1.82) is 0 Å². The summed E-state index contributed by atoms with van der Waals surface area (Å²) < 4.78 is 0. The molecule has 2 aliphatic rings. The van der Waals surface area contributed by atoms with E-state index in [9.17, 15) is 9.59 Å². The highest BCUT2D eigenvalue weighted by atomic mass is 16.1. The molecule has 0 heterocycles. The lowest BCUT2D eigenvalue weighted by Gasteiger charge is -2.22. The molecule has 0 radical (unpaired) electrons. The first-order chi connectivity index (χ1) is 12.0. The number of carbonyl (C=O) groups is 2. The predicted molar refractivity (Wildman–Crippen MR) is 101 cm³/mol. The summed E-state index contributed by atoms with van der Waals surface area (Å²) in [6.07, 6.45) is 3.65. The second-order valence-corrected chi connectivity index (χ2v) is 7.13. The molecule has 0 saturated heterocycles. The Labute approximate surface area is 147 Å². The van der Waals surface area contributed by atoms with E-state index in [2.05, 4.69) is 38.1 Å². The summed E-state index contributed by atoms with van der Waals surface area (Å²) in [6.45, 7) is 5.96. The van der Waals surface area contributed by atoms with E-state index in [1.165, 1.54) is 45.2 Å². The number of hydrogen-bond acceptors (Lipinski definition) is 2. The molecule has 4 rings (SSSR count). The minimum absolute atomic E-state index is 0.0399. The average molecular weight is 328 g/mol. The van der Waals surface area contributed by atoms with Crippen molar-refractivity contribution < 1.29 is 9.59 Å². The van der Waals surface area contributed by atoms with Crippen LogP contribution < -0.4 is 0 Å². The van der Waals surface area contributed by atoms with E-state index in [0.717, 1.165) is 6.42 Å². The highest BCUT2D eigenvalue weighted by Crippen LogP contribution is 2.46. The van der Waals surface area contributed by atoms with Gasteiger partial charge in [0.05, 0.1) is 0 Å². The van der Waals surface area contributed by atoms with E-state index in [4.69, 9.17) is 0 Å². The number of carbonyl (C=O) groups excluding carboxylic acids is 2. The molecule has 0 amide bonds. The van der Waals surface area contributed by atoms with Gasteiger partial charge in [0.1, 0.15) is 0 Å². The zero-order valence-corrected chi connectivity index (χ0v) is 14.7. The molecule has 2 aromatic rings. The van der Waals surface area contributed by atoms with Crippen LogP contribution in [-0.4, -0.2) is 11.6 Å². The molecular formula is C23H20O2. The molecule has 2 nitrogen and oxygen atoms in total. The van der Waals surface area contributed by atoms with Crippen LogP contribution >= 0.6 is 0 Å². The monoisotopic (exact) mass is 328 g/mol. The maximum absolute atomic E-state index is 12.7. The minimum Gasteiger partial charge on any atom is -0.290 e. The van der Waals surface area contributed by atoms with Crippen LogP contribution in [0.25, 0.3) is 10.8 Å². The molecule has 124 valence electrons. The summed E-state index contributed by atoms with van der Waals surface area (Å²) >= 11 is 0. The Morgan fingerprint density at radius 3 is 2.28 bits per heavy atom. The van der Waals surface area contributed by atoms with Crippen molar-refractivity contribution in [3.8, 4) is 0 Å². The Morgan fingerprint density at radius 2 is 1.60 bits per heavy atom. The van der Waals surface area contributed by atoms with Gasteiger partial charge >= 0.3 is 0 Å². The highest BCUT2D eigenvalue weighted by molar-refractivity contribution is 6.20. The van der Waals surface area contributed by atoms with Crippen LogP contribution in [0.4, 0.5) is 0 Å². The second-order valence-electron chi connectivity index (χ2n) is 7.13. The lowest BCUT2D eigenvalue weighted by Crippen LogP contribution is -2.19. The van der Waals surface area contributed by atoms with Crippen LogP contribution in [0.3, 0.4) is 0 Å². The van der Waals surface area contributed by atoms with Gasteiger partial charge in [-0.2, -0.15) is 0 Å². The van der Waals surface area contributed by atoms with Gasteiger partial charge < -0.3 is 0 Å². The van der Waals surface area contributed by atoms with Gasteiger partial charge in [0.2, 0.25) is 0 Å². The molecule has 2 heteroatoms. The molecule has 25 heavy (non-hydrogen) atoms. The number of benzene rings is 2. The summed E-state index contributed by atoms with van der Waals surface area (Å²) in [6, 6.07) is 12.7. The average Bonchev–Trinajstić information content (AvgIpc) is 2.95. The Hall–Kier alpha value is -2.74. The SMILES string of the molecule is CC(C)=C1Cc2cc3ccccc3cc2C1C1=C(C)C(=O)C=CC1=O. The lowest BCUT2D eigenvalue weighted by atomic mass is 9.80. The number of fused-ring (bicyclic) bond motifs is 2. The van der Waals surface area contributed by atoms with Crippen molar-refractivity contribution >= 4 is 22.3 Å². The summed E-state index contributed by atoms with van der Waals surface area (Å²) in [7, 11) is 0. The van der Waals surface area contributed by atoms with Gasteiger partial charge in [-0.25, -0.2) is 0 Å². The van der Waals surface area contributed by atoms with Crippen molar-refractivity contribution in [2.45, 2.75) is 33.1 Å². The molecule has 0 fully saturated rings. The molecular weight excluding hydrogens is 308 g/mol. The van der Waals surface area contributed by atoms with Crippen molar-refractivity contribution in [3.05, 3.63) is 82.0 Å². The third-order valence-electron chi connectivity index (χ3n) is 5.40. The largest absolute Gasteiger partial charge is 0.290 e. The number of allylic oxidation sites excluding steroid dienone is 6. The lowest BCUT2D eigenvalue weighted by molar-refractivity contribution is -0.115. The van der Waals surface area contributed by atoms with Crippen LogP contribution in [0.1, 0.15) is 37.8 Å². The maximum atomic E-state index is 12.7. The summed E-state index contributed by atoms with van der Waals surface area (Å²) in [4.78, 5) is 24.9. The van der Waals surface area contributed by atoms with Crippen LogP contribution in [0, 0.1) is 0 Å². The molecule has 0 saturated carbocycles. The van der Waals surface area contributed by atoms with Crippen LogP contribution in [0.2, 0.25) is 0 Å². The second kappa shape index (κ2) is 5.66. The van der Waals surface area contributed by atoms with E-state index in [-0.39, 0.29) is 17.5 Å². The zero-order valence-electron chi connectivity index (χ0n) is 14.7. The normalized spacial score (nSPS) is 19.8. The molecule has 0 aromatic heterocycles. The third-order valence-corrected chi connectivity index (χ3v) is 5.40. The number of hydrogen-bond donors (Lipinski definition) is 0. The third kappa shape index (κ3) is 2.41. The van der Waals surface area contributed by atoms with Crippen molar-refractivity contribution in [1.82, 2.24) is 0 Å². The fourth-order valence-electron chi connectivity index (χ4n) is 4.06. The van der Waals surface area contributed by atoms with Gasteiger partial charge in [-0.1, -0.05) is 41.5 Å². The summed E-state index contributed by atoms with van der Waals surface area (Å²) in [5, 5.41) is 2.39. The molecule has 1 unspecified atom stereocenters. The molecule has 2 aromatic carbocycles. The standard InChI is InChI=1S/C23H20O2/c1-13(2)18-12-17-10-15-6-4-5-7-16(15)11-19(17)23(18)22-14(3)20(24)8-9-21(22)25/h4-11,23H,12H2,1-3H3. The van der Waals surface area contributed by atoms with Gasteiger partial charge in [0.25, 0.3) is 0 Å². The fourth-order valence-corrected chi connectivity index (χ4v) is 4.06. The first kappa shape index (κ1) is 15.8. The topological polar surface area (TPSA) is 34.1 Å². The predicted octanol–water partition coefficient (Wildman–Crippen LogP) is 4.84. The van der Waals surface area contributed by atoms with Gasteiger partial charge in [0, 0.05) is 17.1 Å². The molecule has 0 N–H and O–H groups in total. The van der Waals surface area contributed by atoms with Gasteiger partial charge in [-0.05, 0) is 67.3 Å². The van der Waals surface area contributed by atoms with Gasteiger partial charge in [-0.3, -0.25) is 9.59 Å². The quantitative estimate of drug-likeness (QED) is 0.554. The maximum Gasteiger partial charge on any atom is 0.183 e. The molecule has 0 spiro atoms. The fraction of sp³-hybridized carbons (Fsp3) is 0.217. The molecule has 2 aliphatic carbocycles. The Morgan fingerprint density at radius 1 is 0.960 bits per heavy atom. The van der Waals surface area contributed by atoms with Crippen LogP contribution in [0.5, 0.6) is 0 Å². The molecule has 1 atom stereocenters. The number of rotatable bonds is 1. The van der Waals surface area contributed by atoms with Crippen LogP contribution in [0.15, 0.2) is 70.8 Å². The summed E-state index contributed by atoms with van der Waals surface area (Å²) in [5.74, 6) is -0.204. The van der Waals surface area contributed by atoms with Gasteiger partial charge in [0.15, 0.2) is 11.6 Å². The van der Waals surface area contributed by atoms with Gasteiger partial charge in [-0.15, -0.1) is 0 Å². The Bertz CT molecular complexity index is 1030. The first-order valence-electron chi connectivity index (χ1n) is 8.62. The first-order valence-corrected chi connectivity index (χ1v) is 8.62. The highest BCUT2D eigenvalue weighted by Gasteiger charge is 2.36. The minimum atomic E-state index is -0.106. The Kier molecular flexibility index (Phi) is 3.57. The Balaban J connectivity index is 2.00. The van der Waals surface area contributed by atoms with Crippen molar-refractivity contribution in [2.24, 2.45) is 0 Å². The smallest absolute Gasteiger partial charge is 0.183 e. The van der Waals surface area contributed by atoms with Crippen molar-refractivity contribution in [2.75, 3.05) is 0 Å². The number of ketones is 2.